The Morgan fingerprint density at radius 3 is 2.12 bits per heavy atom. The first-order valence-corrected chi connectivity index (χ1v) is 14.9. The highest BCUT2D eigenvalue weighted by Gasteiger charge is 2.53. The smallest absolute Gasteiger partial charge is 0.316 e. The summed E-state index contributed by atoms with van der Waals surface area (Å²) in [6, 6.07) is 16.0. The average molecular weight is 590 g/mol. The third kappa shape index (κ3) is 8.75. The van der Waals surface area contributed by atoms with Crippen LogP contribution >= 0.6 is 0 Å². The number of hydrogen-bond acceptors (Lipinski definition) is 7. The molecule has 0 amide bonds. The normalized spacial score (nSPS) is 24.7. The van der Waals surface area contributed by atoms with Gasteiger partial charge in [0.25, 0.3) is 0 Å². The molecule has 2 aliphatic rings. The van der Waals surface area contributed by atoms with Crippen LogP contribution in [0, 0.1) is 0 Å². The SMILES string of the molecule is CC(C)(C)NCC(O)c1ccc(O)c(CO)c1.CC(C)[N+]1(C)[C@@H]2CC[C@H]1CC(OC(=O)C(CO)c1ccccc1)C2.O. The molecule has 9 heteroatoms. The van der Waals surface area contributed by atoms with Crippen molar-refractivity contribution in [2.24, 2.45) is 0 Å². The van der Waals surface area contributed by atoms with Gasteiger partial charge in [-0.3, -0.25) is 4.79 Å². The summed E-state index contributed by atoms with van der Waals surface area (Å²) in [7, 11) is 2.37. The summed E-state index contributed by atoms with van der Waals surface area (Å²) in [5.74, 6) is -0.808. The first kappa shape index (κ1) is 35.7. The second-order valence-corrected chi connectivity index (χ2v) is 13.1. The topological polar surface area (TPSA) is 151 Å². The highest BCUT2D eigenvalue weighted by atomic mass is 16.5. The van der Waals surface area contributed by atoms with Crippen molar-refractivity contribution in [3.63, 3.8) is 0 Å². The zero-order valence-electron chi connectivity index (χ0n) is 26.1. The number of nitrogens with zero attached hydrogens (tertiary/aromatic N) is 1. The third-order valence-corrected chi connectivity index (χ3v) is 9.03. The fraction of sp³-hybridized carbons (Fsp3) is 0.606. The van der Waals surface area contributed by atoms with Gasteiger partial charge in [0.2, 0.25) is 0 Å². The van der Waals surface area contributed by atoms with E-state index in [1.165, 1.54) is 18.9 Å². The third-order valence-electron chi connectivity index (χ3n) is 9.03. The Morgan fingerprint density at radius 1 is 1.02 bits per heavy atom. The van der Waals surface area contributed by atoms with E-state index in [9.17, 15) is 20.1 Å². The Kier molecular flexibility index (Phi) is 13.0. The molecular weight excluding hydrogens is 536 g/mol. The maximum Gasteiger partial charge on any atom is 0.316 e. The van der Waals surface area contributed by atoms with Crippen LogP contribution in [-0.2, 0) is 16.1 Å². The van der Waals surface area contributed by atoms with E-state index in [1.807, 2.05) is 51.1 Å². The van der Waals surface area contributed by atoms with E-state index < -0.39 is 12.0 Å². The van der Waals surface area contributed by atoms with Gasteiger partial charge in [0.05, 0.1) is 44.5 Å². The van der Waals surface area contributed by atoms with Gasteiger partial charge >= 0.3 is 5.97 Å². The molecule has 2 aliphatic heterocycles. The number of quaternary nitrogens is 1. The molecule has 0 aliphatic carbocycles. The first-order valence-electron chi connectivity index (χ1n) is 14.9. The number of β-amino-alcohol motifs (C(OH)–C–C–N with tert-alkyl or cyclic N) is 1. The van der Waals surface area contributed by atoms with Crippen LogP contribution in [0.4, 0.5) is 0 Å². The van der Waals surface area contributed by atoms with Crippen LogP contribution in [0.15, 0.2) is 48.5 Å². The monoisotopic (exact) mass is 589 g/mol. The molecule has 2 heterocycles. The fourth-order valence-corrected chi connectivity index (χ4v) is 6.28. The molecule has 0 aromatic heterocycles. The summed E-state index contributed by atoms with van der Waals surface area (Å²) in [6.45, 7) is 10.7. The second-order valence-electron chi connectivity index (χ2n) is 13.1. The molecule has 4 unspecified atom stereocenters. The van der Waals surface area contributed by atoms with Gasteiger partial charge in [0.15, 0.2) is 0 Å². The van der Waals surface area contributed by atoms with Crippen molar-refractivity contribution in [2.45, 2.75) is 109 Å². The number of phenols is 1. The molecule has 2 saturated heterocycles. The van der Waals surface area contributed by atoms with Crippen molar-refractivity contribution in [2.75, 3.05) is 20.2 Å². The van der Waals surface area contributed by atoms with Crippen molar-refractivity contribution >= 4 is 5.97 Å². The lowest BCUT2D eigenvalue weighted by molar-refractivity contribution is -0.968. The molecule has 2 fully saturated rings. The lowest BCUT2D eigenvalue weighted by atomic mass is 9.94. The van der Waals surface area contributed by atoms with E-state index in [0.29, 0.717) is 35.8 Å². The van der Waals surface area contributed by atoms with Crippen LogP contribution in [0.25, 0.3) is 0 Å². The molecular formula is C33H53N2O7+. The first-order chi connectivity index (χ1) is 19.3. The van der Waals surface area contributed by atoms with Gasteiger partial charge in [-0.2, -0.15) is 0 Å². The van der Waals surface area contributed by atoms with Crippen molar-refractivity contribution in [1.29, 1.82) is 0 Å². The quantitative estimate of drug-likeness (QED) is 0.222. The van der Waals surface area contributed by atoms with Gasteiger partial charge in [-0.25, -0.2) is 0 Å². The van der Waals surface area contributed by atoms with Gasteiger partial charge in [-0.05, 0) is 57.9 Å². The predicted octanol–water partition coefficient (Wildman–Crippen LogP) is 3.34. The molecule has 2 aromatic carbocycles. The van der Waals surface area contributed by atoms with Crippen molar-refractivity contribution < 1.29 is 39.9 Å². The van der Waals surface area contributed by atoms with Crippen LogP contribution in [-0.4, -0.2) is 86.3 Å². The number of hydrogen-bond donors (Lipinski definition) is 5. The van der Waals surface area contributed by atoms with Crippen molar-refractivity contribution in [3.8, 4) is 5.75 Å². The standard InChI is InChI=1S/C20H30NO3.C13H21NO3.H2O/c1-14(2)21(3)16-9-10-17(21)12-18(11-16)24-20(23)19(13-22)15-7-5-4-6-8-15;1-13(2,3)14-7-12(17)9-4-5-11(16)10(6-9)8-15;/h4-8,14,16-19,22H,9-13H2,1-3H3;4-6,12,14-17H,7-8H2,1-3H3;1H2/q+1;;/t16-,17+,18?,19?,21?;;. The van der Waals surface area contributed by atoms with Crippen LogP contribution in [0.2, 0.25) is 0 Å². The van der Waals surface area contributed by atoms with E-state index >= 15 is 0 Å². The Morgan fingerprint density at radius 2 is 1.62 bits per heavy atom. The van der Waals surface area contributed by atoms with E-state index in [-0.39, 0.29) is 42.1 Å². The van der Waals surface area contributed by atoms with E-state index in [1.54, 1.807) is 12.1 Å². The molecule has 0 saturated carbocycles. The number of carbonyl (C=O) groups excluding carboxylic acids is 1. The largest absolute Gasteiger partial charge is 0.508 e. The number of nitrogens with one attached hydrogen (secondary N) is 1. The van der Waals surface area contributed by atoms with Gasteiger partial charge in [-0.15, -0.1) is 0 Å². The lowest BCUT2D eigenvalue weighted by Gasteiger charge is -2.49. The molecule has 4 rings (SSSR count). The molecule has 2 aromatic rings. The number of carbonyl (C=O) groups is 1. The Bertz CT molecular complexity index is 1110. The molecule has 2 bridgehead atoms. The Labute approximate surface area is 251 Å². The maximum absolute atomic E-state index is 12.6. The van der Waals surface area contributed by atoms with E-state index in [4.69, 9.17) is 9.84 Å². The van der Waals surface area contributed by atoms with Crippen LogP contribution in [0.3, 0.4) is 0 Å². The average Bonchev–Trinajstić information content (AvgIpc) is 3.09. The van der Waals surface area contributed by atoms with Crippen molar-refractivity contribution in [3.05, 3.63) is 65.2 Å². The highest BCUT2D eigenvalue weighted by Crippen LogP contribution is 2.44. The number of aliphatic hydroxyl groups excluding tert-OH is 3. The minimum absolute atomic E-state index is 0. The predicted molar refractivity (Wildman–Crippen MR) is 164 cm³/mol. The zero-order chi connectivity index (χ0) is 30.4. The second kappa shape index (κ2) is 15.3. The number of piperidine rings is 1. The van der Waals surface area contributed by atoms with Crippen molar-refractivity contribution in [1.82, 2.24) is 5.32 Å². The van der Waals surface area contributed by atoms with Gasteiger partial charge in [0, 0.05) is 43.3 Å². The number of esters is 1. The van der Waals surface area contributed by atoms with Crippen LogP contribution in [0.5, 0.6) is 5.75 Å². The number of ether oxygens (including phenoxy) is 1. The number of aliphatic hydroxyl groups is 3. The number of rotatable bonds is 9. The zero-order valence-corrected chi connectivity index (χ0v) is 26.1. The Balaban J connectivity index is 0.000000305. The minimum Gasteiger partial charge on any atom is -0.508 e. The highest BCUT2D eigenvalue weighted by molar-refractivity contribution is 5.78. The van der Waals surface area contributed by atoms with E-state index in [2.05, 4.69) is 26.2 Å². The summed E-state index contributed by atoms with van der Waals surface area (Å²) < 4.78 is 6.96. The molecule has 7 N–H and O–H groups in total. The summed E-state index contributed by atoms with van der Waals surface area (Å²) in [5, 5.41) is 41.3. The number of aromatic hydroxyl groups is 1. The van der Waals surface area contributed by atoms with Crippen LogP contribution in [0.1, 0.15) is 89.0 Å². The number of benzene rings is 2. The Hall–Kier alpha value is -2.53. The lowest BCUT2D eigenvalue weighted by Crippen LogP contribution is -2.62. The van der Waals surface area contributed by atoms with Gasteiger partial charge in [-0.1, -0.05) is 36.4 Å². The molecule has 0 radical (unpaired) electrons. The molecule has 6 atom stereocenters. The molecule has 9 nitrogen and oxygen atoms in total. The van der Waals surface area contributed by atoms with Gasteiger partial charge < -0.3 is 40.4 Å². The summed E-state index contributed by atoms with van der Waals surface area (Å²) in [4.78, 5) is 12.6. The van der Waals surface area contributed by atoms with Gasteiger partial charge in [0.1, 0.15) is 17.8 Å². The summed E-state index contributed by atoms with van der Waals surface area (Å²) in [6.07, 6.45) is 3.71. The maximum atomic E-state index is 12.6. The number of fused-ring (bicyclic) bond motifs is 2. The summed E-state index contributed by atoms with van der Waals surface area (Å²) >= 11 is 0. The van der Waals surface area contributed by atoms with E-state index in [0.717, 1.165) is 22.9 Å². The molecule has 42 heavy (non-hydrogen) atoms. The fourth-order valence-electron chi connectivity index (χ4n) is 6.28. The molecule has 236 valence electrons. The minimum atomic E-state index is -0.653. The molecule has 0 spiro atoms. The van der Waals surface area contributed by atoms with Crippen LogP contribution < -0.4 is 5.32 Å². The summed E-state index contributed by atoms with van der Waals surface area (Å²) in [5.41, 5.74) is 1.88.